The number of anilines is 1. The van der Waals surface area contributed by atoms with Crippen LogP contribution in [0.15, 0.2) is 47.7 Å². The summed E-state index contributed by atoms with van der Waals surface area (Å²) >= 11 is 5.68. The number of aromatic hydroxyl groups is 1. The molecule has 3 N–H and O–H groups in total. The van der Waals surface area contributed by atoms with Crippen molar-refractivity contribution in [2.75, 3.05) is 26.1 Å². The Labute approximate surface area is 204 Å². The highest BCUT2D eigenvalue weighted by atomic mass is 32.1. The van der Waals surface area contributed by atoms with Crippen LogP contribution in [0.3, 0.4) is 0 Å². The summed E-state index contributed by atoms with van der Waals surface area (Å²) in [7, 11) is 3.11. The lowest BCUT2D eigenvalue weighted by molar-refractivity contribution is -0.113. The minimum Gasteiger partial charge on any atom is -0.504 e. The third-order valence-electron chi connectivity index (χ3n) is 5.95. The Morgan fingerprint density at radius 2 is 1.94 bits per heavy atom. The smallest absolute Gasteiger partial charge is 0.255 e. The first-order valence-corrected chi connectivity index (χ1v) is 11.6. The molecule has 1 fully saturated rings. The molecule has 180 valence electrons. The summed E-state index contributed by atoms with van der Waals surface area (Å²) in [5, 5.41) is 17.1. The first-order chi connectivity index (χ1) is 16.4. The van der Waals surface area contributed by atoms with E-state index in [0.29, 0.717) is 40.2 Å². The van der Waals surface area contributed by atoms with Crippen molar-refractivity contribution in [3.63, 3.8) is 0 Å². The molecule has 0 saturated heterocycles. The van der Waals surface area contributed by atoms with Crippen LogP contribution < -0.4 is 24.8 Å². The van der Waals surface area contributed by atoms with Gasteiger partial charge in [-0.15, -0.1) is 0 Å². The van der Waals surface area contributed by atoms with Crippen LogP contribution in [0.2, 0.25) is 0 Å². The number of phenolic OH excluding ortho intramolecular Hbond substituents is 1. The van der Waals surface area contributed by atoms with E-state index in [4.69, 9.17) is 26.4 Å². The molecule has 8 nitrogen and oxygen atoms in total. The number of ether oxygens (including phenoxy) is 3. The summed E-state index contributed by atoms with van der Waals surface area (Å²) in [6, 6.07) is 10.0. The average molecular weight is 484 g/mol. The number of thiocarbonyl (C=S) groups is 1. The number of amides is 1. The molecule has 1 amide bonds. The minimum absolute atomic E-state index is 0.0383. The lowest BCUT2D eigenvalue weighted by Gasteiger charge is -2.38. The van der Waals surface area contributed by atoms with Gasteiger partial charge in [0.05, 0.1) is 38.1 Å². The Bertz CT molecular complexity index is 1150. The number of nitrogens with zero attached hydrogens (tertiary/aromatic N) is 1. The SMILES string of the molecule is CCOc1cc(C2NC(=S)N(C3CC3)C(C)=C2C(=O)Nc2cc(OC)ccc2OC)ccc1O. The van der Waals surface area contributed by atoms with Gasteiger partial charge < -0.3 is 34.9 Å². The number of carbonyl (C=O) groups is 1. The lowest BCUT2D eigenvalue weighted by atomic mass is 9.93. The summed E-state index contributed by atoms with van der Waals surface area (Å²) < 4.78 is 16.3. The van der Waals surface area contributed by atoms with Crippen molar-refractivity contribution in [3.05, 3.63) is 53.2 Å². The molecule has 0 aromatic heterocycles. The van der Waals surface area contributed by atoms with Gasteiger partial charge in [-0.2, -0.15) is 0 Å². The molecule has 9 heteroatoms. The van der Waals surface area contributed by atoms with E-state index in [1.165, 1.54) is 0 Å². The van der Waals surface area contributed by atoms with Crippen molar-refractivity contribution in [1.82, 2.24) is 10.2 Å². The molecule has 1 unspecified atom stereocenters. The van der Waals surface area contributed by atoms with Crippen LogP contribution in [0, 0.1) is 0 Å². The third kappa shape index (κ3) is 4.61. The maximum Gasteiger partial charge on any atom is 0.255 e. The van der Waals surface area contributed by atoms with Crippen LogP contribution in [-0.2, 0) is 4.79 Å². The number of methoxy groups -OCH3 is 2. The van der Waals surface area contributed by atoms with Gasteiger partial charge in [-0.3, -0.25) is 4.79 Å². The van der Waals surface area contributed by atoms with E-state index in [1.807, 2.05) is 18.7 Å². The zero-order valence-electron chi connectivity index (χ0n) is 19.7. The molecule has 0 spiro atoms. The first kappa shape index (κ1) is 23.7. The molecule has 1 heterocycles. The van der Waals surface area contributed by atoms with Crippen LogP contribution in [0.5, 0.6) is 23.0 Å². The second-order valence-electron chi connectivity index (χ2n) is 8.16. The van der Waals surface area contributed by atoms with Gasteiger partial charge in [-0.1, -0.05) is 6.07 Å². The van der Waals surface area contributed by atoms with Crippen molar-refractivity contribution >= 4 is 28.9 Å². The van der Waals surface area contributed by atoms with Crippen LogP contribution in [0.4, 0.5) is 5.69 Å². The molecule has 0 radical (unpaired) electrons. The van der Waals surface area contributed by atoms with Crippen LogP contribution in [-0.4, -0.2) is 47.9 Å². The Balaban J connectivity index is 1.76. The molecular formula is C25H29N3O5S. The molecular weight excluding hydrogens is 454 g/mol. The van der Waals surface area contributed by atoms with Gasteiger partial charge in [-0.05, 0) is 68.7 Å². The number of benzene rings is 2. The summed E-state index contributed by atoms with van der Waals surface area (Å²) in [5.41, 5.74) is 2.57. The van der Waals surface area contributed by atoms with E-state index in [-0.39, 0.29) is 17.7 Å². The second-order valence-corrected chi connectivity index (χ2v) is 8.55. The molecule has 1 atom stereocenters. The lowest BCUT2D eigenvalue weighted by Crippen LogP contribution is -2.49. The maximum atomic E-state index is 13.7. The summed E-state index contributed by atoms with van der Waals surface area (Å²) in [6.07, 6.45) is 2.05. The van der Waals surface area contributed by atoms with Crippen molar-refractivity contribution in [1.29, 1.82) is 0 Å². The van der Waals surface area contributed by atoms with Gasteiger partial charge >= 0.3 is 0 Å². The third-order valence-corrected chi connectivity index (χ3v) is 6.27. The van der Waals surface area contributed by atoms with Crippen LogP contribution in [0.1, 0.15) is 38.3 Å². The average Bonchev–Trinajstić information content (AvgIpc) is 3.65. The van der Waals surface area contributed by atoms with E-state index in [0.717, 1.165) is 24.1 Å². The van der Waals surface area contributed by atoms with Crippen LogP contribution >= 0.6 is 12.2 Å². The number of allylic oxidation sites excluding steroid dienone is 1. The molecule has 2 aromatic rings. The Kier molecular flexibility index (Phi) is 6.83. The Morgan fingerprint density at radius 3 is 2.59 bits per heavy atom. The fraction of sp³-hybridized carbons (Fsp3) is 0.360. The molecule has 1 aliphatic heterocycles. The zero-order chi connectivity index (χ0) is 24.4. The summed E-state index contributed by atoms with van der Waals surface area (Å²) in [5.74, 6) is 1.22. The van der Waals surface area contributed by atoms with Crippen LogP contribution in [0.25, 0.3) is 0 Å². The normalized spacial score (nSPS) is 17.8. The standard InChI is InChI=1S/C25H29N3O5S/c1-5-33-21-12-15(6-10-19(21)29)23-22(14(2)28(16-7-8-16)25(34)27-23)24(30)26-18-13-17(31-3)9-11-20(18)32-4/h6,9-13,16,23,29H,5,7-8H2,1-4H3,(H,26,30)(H,27,34). The predicted octanol–water partition coefficient (Wildman–Crippen LogP) is 4.11. The van der Waals surface area contributed by atoms with Gasteiger partial charge in [0.25, 0.3) is 5.91 Å². The molecule has 4 rings (SSSR count). The largest absolute Gasteiger partial charge is 0.504 e. The minimum atomic E-state index is -0.529. The second kappa shape index (κ2) is 9.80. The highest BCUT2D eigenvalue weighted by Crippen LogP contribution is 2.40. The fourth-order valence-electron chi connectivity index (χ4n) is 4.16. The monoisotopic (exact) mass is 483 g/mol. The summed E-state index contributed by atoms with van der Waals surface area (Å²) in [6.45, 7) is 4.17. The van der Waals surface area contributed by atoms with Gasteiger partial charge in [0.1, 0.15) is 11.5 Å². The molecule has 2 aromatic carbocycles. The number of hydrogen-bond acceptors (Lipinski definition) is 6. The number of nitrogens with one attached hydrogen (secondary N) is 2. The maximum absolute atomic E-state index is 13.7. The van der Waals surface area contributed by atoms with Gasteiger partial charge in [0.2, 0.25) is 0 Å². The number of rotatable bonds is 8. The van der Waals surface area contributed by atoms with E-state index >= 15 is 0 Å². The first-order valence-electron chi connectivity index (χ1n) is 11.2. The Morgan fingerprint density at radius 1 is 1.18 bits per heavy atom. The number of hydrogen-bond donors (Lipinski definition) is 3. The van der Waals surface area contributed by atoms with Crippen molar-refractivity contribution in [2.24, 2.45) is 0 Å². The fourth-order valence-corrected chi connectivity index (χ4v) is 4.56. The van der Waals surface area contributed by atoms with Gasteiger partial charge in [0, 0.05) is 17.8 Å². The highest BCUT2D eigenvalue weighted by Gasteiger charge is 2.40. The van der Waals surface area contributed by atoms with Crippen molar-refractivity contribution in [2.45, 2.75) is 38.8 Å². The highest BCUT2D eigenvalue weighted by molar-refractivity contribution is 7.80. The topological polar surface area (TPSA) is 92.3 Å². The number of phenols is 1. The van der Waals surface area contributed by atoms with Gasteiger partial charge in [0.15, 0.2) is 16.6 Å². The van der Waals surface area contributed by atoms with E-state index in [1.54, 1.807) is 50.6 Å². The van der Waals surface area contributed by atoms with E-state index in [2.05, 4.69) is 10.6 Å². The predicted molar refractivity (Wildman–Crippen MR) is 133 cm³/mol. The van der Waals surface area contributed by atoms with Crippen molar-refractivity contribution < 1.29 is 24.1 Å². The summed E-state index contributed by atoms with van der Waals surface area (Å²) in [4.78, 5) is 15.8. The van der Waals surface area contributed by atoms with E-state index < -0.39 is 6.04 Å². The quantitative estimate of drug-likeness (QED) is 0.483. The zero-order valence-corrected chi connectivity index (χ0v) is 20.5. The molecule has 34 heavy (non-hydrogen) atoms. The van der Waals surface area contributed by atoms with E-state index in [9.17, 15) is 9.90 Å². The molecule has 1 saturated carbocycles. The molecule has 0 bridgehead atoms. The molecule has 2 aliphatic rings. The van der Waals surface area contributed by atoms with Gasteiger partial charge in [-0.25, -0.2) is 0 Å². The number of carbonyl (C=O) groups excluding carboxylic acids is 1. The molecule has 1 aliphatic carbocycles. The van der Waals surface area contributed by atoms with Crippen molar-refractivity contribution in [3.8, 4) is 23.0 Å². The Hall–Kier alpha value is -3.46.